The first kappa shape index (κ1) is 14.3. The van der Waals surface area contributed by atoms with E-state index in [9.17, 15) is 18.3 Å². The van der Waals surface area contributed by atoms with Gasteiger partial charge in [-0.1, -0.05) is 18.2 Å². The summed E-state index contributed by atoms with van der Waals surface area (Å²) in [5.74, 6) is 0.476. The van der Waals surface area contributed by atoms with Crippen molar-refractivity contribution in [3.63, 3.8) is 0 Å². The fourth-order valence-electron chi connectivity index (χ4n) is 1.71. The number of rotatable bonds is 4. The molecule has 0 aliphatic heterocycles. The molecule has 0 fully saturated rings. The number of halogens is 3. The van der Waals surface area contributed by atoms with Gasteiger partial charge in [-0.15, -0.1) is 0 Å². The minimum absolute atomic E-state index is 0.279. The number of pyridine rings is 1. The summed E-state index contributed by atoms with van der Waals surface area (Å²) in [4.78, 5) is 3.62. The van der Waals surface area contributed by atoms with Gasteiger partial charge in [-0.3, -0.25) is 4.98 Å². The third-order valence-corrected chi connectivity index (χ3v) is 2.67. The van der Waals surface area contributed by atoms with E-state index >= 15 is 0 Å². The molecule has 0 saturated heterocycles. The van der Waals surface area contributed by atoms with Crippen molar-refractivity contribution in [2.24, 2.45) is 0 Å². The quantitative estimate of drug-likeness (QED) is 0.936. The third-order valence-electron chi connectivity index (χ3n) is 2.67. The van der Waals surface area contributed by atoms with Gasteiger partial charge in [0.25, 0.3) is 0 Å². The summed E-state index contributed by atoms with van der Waals surface area (Å²) in [5, 5.41) is 9.86. The van der Waals surface area contributed by atoms with Crippen molar-refractivity contribution in [1.82, 2.24) is 4.98 Å². The van der Waals surface area contributed by atoms with Crippen LogP contribution >= 0.6 is 0 Å². The number of aliphatic hydroxyl groups is 1. The summed E-state index contributed by atoms with van der Waals surface area (Å²) in [5.41, 5.74) is -1.20. The van der Waals surface area contributed by atoms with Gasteiger partial charge in [0.15, 0.2) is 0 Å². The standard InChI is InChI=1S/C14H12F3NO2/c15-14(16,17)12-6-7-18-8-11(12)13(19)9-20-10-4-2-1-3-5-10/h1-8,13,19H,9H2. The number of hydrogen-bond acceptors (Lipinski definition) is 3. The lowest BCUT2D eigenvalue weighted by Crippen LogP contribution is -2.16. The fraction of sp³-hybridized carbons (Fsp3) is 0.214. The molecule has 1 aromatic carbocycles. The number of para-hydroxylation sites is 1. The Morgan fingerprint density at radius 2 is 1.85 bits per heavy atom. The second kappa shape index (κ2) is 5.92. The van der Waals surface area contributed by atoms with Crippen LogP contribution in [-0.4, -0.2) is 16.7 Å². The van der Waals surface area contributed by atoms with Crippen LogP contribution < -0.4 is 4.74 Å². The Hall–Kier alpha value is -2.08. The van der Waals surface area contributed by atoms with Crippen LogP contribution in [0.3, 0.4) is 0 Å². The Labute approximate surface area is 113 Å². The second-order valence-corrected chi connectivity index (χ2v) is 4.10. The highest BCUT2D eigenvalue weighted by Gasteiger charge is 2.35. The van der Waals surface area contributed by atoms with Crippen molar-refractivity contribution in [2.45, 2.75) is 12.3 Å². The summed E-state index contributed by atoms with van der Waals surface area (Å²) in [6.45, 7) is -0.279. The first-order valence-electron chi connectivity index (χ1n) is 5.85. The Morgan fingerprint density at radius 3 is 2.50 bits per heavy atom. The smallest absolute Gasteiger partial charge is 0.416 e. The summed E-state index contributed by atoms with van der Waals surface area (Å²) >= 11 is 0. The van der Waals surface area contributed by atoms with Crippen molar-refractivity contribution in [2.75, 3.05) is 6.61 Å². The monoisotopic (exact) mass is 283 g/mol. The van der Waals surface area contributed by atoms with E-state index in [0.717, 1.165) is 18.5 Å². The van der Waals surface area contributed by atoms with Gasteiger partial charge >= 0.3 is 6.18 Å². The number of nitrogens with zero attached hydrogens (tertiary/aromatic N) is 1. The minimum atomic E-state index is -4.54. The van der Waals surface area contributed by atoms with Crippen LogP contribution in [0.2, 0.25) is 0 Å². The van der Waals surface area contributed by atoms with Crippen molar-refractivity contribution in [3.8, 4) is 5.75 Å². The maximum Gasteiger partial charge on any atom is 0.416 e. The first-order valence-corrected chi connectivity index (χ1v) is 5.85. The van der Waals surface area contributed by atoms with E-state index in [1.807, 2.05) is 0 Å². The maximum atomic E-state index is 12.8. The molecule has 3 nitrogen and oxygen atoms in total. The Morgan fingerprint density at radius 1 is 1.15 bits per heavy atom. The van der Waals surface area contributed by atoms with Crippen molar-refractivity contribution < 1.29 is 23.0 Å². The number of aliphatic hydroxyl groups excluding tert-OH is 1. The van der Waals surface area contributed by atoms with Gasteiger partial charge in [-0.25, -0.2) is 0 Å². The highest BCUT2D eigenvalue weighted by Crippen LogP contribution is 2.34. The number of ether oxygens (including phenoxy) is 1. The molecule has 6 heteroatoms. The number of hydrogen-bond donors (Lipinski definition) is 1. The van der Waals surface area contributed by atoms with Crippen LogP contribution in [0.15, 0.2) is 48.8 Å². The second-order valence-electron chi connectivity index (χ2n) is 4.10. The topological polar surface area (TPSA) is 42.4 Å². The average molecular weight is 283 g/mol. The zero-order chi connectivity index (χ0) is 14.6. The van der Waals surface area contributed by atoms with E-state index in [-0.39, 0.29) is 12.2 Å². The molecule has 1 heterocycles. The molecule has 2 rings (SSSR count). The van der Waals surface area contributed by atoms with Crippen LogP contribution in [0.25, 0.3) is 0 Å². The van der Waals surface area contributed by atoms with Gasteiger partial charge in [0.05, 0.1) is 5.56 Å². The van der Waals surface area contributed by atoms with Crippen LogP contribution in [0.5, 0.6) is 5.75 Å². The molecule has 0 aliphatic rings. The van der Waals surface area contributed by atoms with Gasteiger partial charge in [-0.05, 0) is 18.2 Å². The van der Waals surface area contributed by atoms with Crippen LogP contribution in [0.4, 0.5) is 13.2 Å². The van der Waals surface area contributed by atoms with Gasteiger partial charge < -0.3 is 9.84 Å². The maximum absolute atomic E-state index is 12.8. The van der Waals surface area contributed by atoms with Gasteiger partial charge in [0.1, 0.15) is 18.5 Å². The summed E-state index contributed by atoms with van der Waals surface area (Å²) in [6.07, 6.45) is -3.90. The van der Waals surface area contributed by atoms with E-state index in [1.165, 1.54) is 0 Å². The minimum Gasteiger partial charge on any atom is -0.491 e. The molecule has 1 atom stereocenters. The lowest BCUT2D eigenvalue weighted by atomic mass is 10.1. The molecule has 0 aliphatic carbocycles. The molecule has 1 unspecified atom stereocenters. The Kier molecular flexibility index (Phi) is 4.24. The Bertz CT molecular complexity index is 558. The normalized spacial score (nSPS) is 13.0. The SMILES string of the molecule is OC(COc1ccccc1)c1cnccc1C(F)(F)F. The molecule has 0 radical (unpaired) electrons. The average Bonchev–Trinajstić information content (AvgIpc) is 2.45. The lowest BCUT2D eigenvalue weighted by Gasteiger charge is -2.17. The van der Waals surface area contributed by atoms with E-state index in [0.29, 0.717) is 5.75 Å². The summed E-state index contributed by atoms with van der Waals surface area (Å²) in [7, 11) is 0. The molecule has 0 bridgehead atoms. The molecule has 0 saturated carbocycles. The zero-order valence-corrected chi connectivity index (χ0v) is 10.3. The van der Waals surface area contributed by atoms with Gasteiger partial charge in [0, 0.05) is 18.0 Å². The van der Waals surface area contributed by atoms with Gasteiger partial charge in [0.2, 0.25) is 0 Å². The number of benzene rings is 1. The largest absolute Gasteiger partial charge is 0.491 e. The van der Waals surface area contributed by atoms with E-state index in [4.69, 9.17) is 4.74 Å². The van der Waals surface area contributed by atoms with Gasteiger partial charge in [-0.2, -0.15) is 13.2 Å². The van der Waals surface area contributed by atoms with E-state index in [1.54, 1.807) is 30.3 Å². The number of alkyl halides is 3. The molecular weight excluding hydrogens is 271 g/mol. The molecule has 106 valence electrons. The molecule has 1 aromatic heterocycles. The summed E-state index contributed by atoms with van der Waals surface area (Å²) < 4.78 is 43.6. The Balaban J connectivity index is 2.12. The van der Waals surface area contributed by atoms with Crippen LogP contribution in [0, 0.1) is 0 Å². The van der Waals surface area contributed by atoms with Crippen molar-refractivity contribution in [3.05, 3.63) is 59.9 Å². The van der Waals surface area contributed by atoms with E-state index in [2.05, 4.69) is 4.98 Å². The summed E-state index contributed by atoms with van der Waals surface area (Å²) in [6, 6.07) is 9.38. The highest BCUT2D eigenvalue weighted by atomic mass is 19.4. The lowest BCUT2D eigenvalue weighted by molar-refractivity contribution is -0.139. The molecule has 20 heavy (non-hydrogen) atoms. The first-order chi connectivity index (χ1) is 9.48. The van der Waals surface area contributed by atoms with Crippen LogP contribution in [0.1, 0.15) is 17.2 Å². The van der Waals surface area contributed by atoms with Crippen LogP contribution in [-0.2, 0) is 6.18 Å². The van der Waals surface area contributed by atoms with E-state index < -0.39 is 17.8 Å². The zero-order valence-electron chi connectivity index (χ0n) is 10.3. The molecule has 0 spiro atoms. The molecule has 2 aromatic rings. The third kappa shape index (κ3) is 3.48. The molecule has 0 amide bonds. The van der Waals surface area contributed by atoms with Crippen molar-refractivity contribution >= 4 is 0 Å². The van der Waals surface area contributed by atoms with Crippen molar-refractivity contribution in [1.29, 1.82) is 0 Å². The highest BCUT2D eigenvalue weighted by molar-refractivity contribution is 5.28. The fourth-order valence-corrected chi connectivity index (χ4v) is 1.71. The predicted molar refractivity (Wildman–Crippen MR) is 66.1 cm³/mol. The number of aromatic nitrogens is 1. The molecular formula is C14H12F3NO2. The predicted octanol–water partition coefficient (Wildman–Crippen LogP) is 3.21. The molecule has 1 N–H and O–H groups in total.